The third-order valence-corrected chi connectivity index (χ3v) is 3.64. The van der Waals surface area contributed by atoms with Gasteiger partial charge in [-0.1, -0.05) is 17.7 Å². The van der Waals surface area contributed by atoms with Gasteiger partial charge in [0.15, 0.2) is 11.5 Å². The molecule has 4 rings (SSSR count). The molecule has 0 N–H and O–H groups in total. The smallest absolute Gasteiger partial charge is 0.184 e. The van der Waals surface area contributed by atoms with E-state index >= 15 is 0 Å². The van der Waals surface area contributed by atoms with E-state index in [1.54, 1.807) is 22.8 Å². The number of nitrogens with zero attached hydrogens (tertiary/aromatic N) is 4. The van der Waals surface area contributed by atoms with Gasteiger partial charge in [0.1, 0.15) is 5.82 Å². The molecule has 0 atom stereocenters. The highest BCUT2D eigenvalue weighted by Gasteiger charge is 2.14. The fourth-order valence-electron chi connectivity index (χ4n) is 2.45. The molecule has 0 bridgehead atoms. The molecule has 6 heteroatoms. The van der Waals surface area contributed by atoms with Crippen LogP contribution in [-0.4, -0.2) is 19.6 Å². The van der Waals surface area contributed by atoms with E-state index in [2.05, 4.69) is 15.1 Å². The van der Waals surface area contributed by atoms with Crippen LogP contribution in [0.4, 0.5) is 4.39 Å². The number of fused-ring (bicyclic) bond motifs is 1. The molecule has 0 aliphatic carbocycles. The molecule has 4 nitrogen and oxygen atoms in total. The van der Waals surface area contributed by atoms with Crippen molar-refractivity contribution in [1.82, 2.24) is 19.6 Å². The van der Waals surface area contributed by atoms with E-state index in [0.717, 1.165) is 11.2 Å². The van der Waals surface area contributed by atoms with Crippen LogP contribution in [0.3, 0.4) is 0 Å². The summed E-state index contributed by atoms with van der Waals surface area (Å²) in [6.07, 6.45) is 3.47. The summed E-state index contributed by atoms with van der Waals surface area (Å²) in [5, 5.41) is 4.77. The summed E-state index contributed by atoms with van der Waals surface area (Å²) < 4.78 is 15.4. The van der Waals surface area contributed by atoms with Crippen LogP contribution in [0.25, 0.3) is 28.3 Å². The molecule has 0 aliphatic rings. The number of hydrogen-bond donors (Lipinski definition) is 0. The van der Waals surface area contributed by atoms with E-state index in [1.807, 2.05) is 30.5 Å². The lowest BCUT2D eigenvalue weighted by atomic mass is 10.1. The zero-order valence-corrected chi connectivity index (χ0v) is 12.6. The zero-order chi connectivity index (χ0) is 15.8. The van der Waals surface area contributed by atoms with Gasteiger partial charge >= 0.3 is 0 Å². The lowest BCUT2D eigenvalue weighted by Crippen LogP contribution is -1.92. The average molecular weight is 325 g/mol. The first-order chi connectivity index (χ1) is 11.2. The van der Waals surface area contributed by atoms with Crippen molar-refractivity contribution in [3.63, 3.8) is 0 Å². The minimum atomic E-state index is -0.410. The predicted octanol–water partition coefficient (Wildman–Crippen LogP) is 4.25. The quantitative estimate of drug-likeness (QED) is 0.553. The normalized spacial score (nSPS) is 11.0. The Balaban J connectivity index is 1.93. The van der Waals surface area contributed by atoms with Crippen molar-refractivity contribution in [2.24, 2.45) is 0 Å². The molecule has 0 saturated carbocycles. The van der Waals surface area contributed by atoms with Gasteiger partial charge in [0.05, 0.1) is 5.69 Å². The Labute approximate surface area is 136 Å². The number of benzene rings is 1. The average Bonchev–Trinajstić information content (AvgIpc) is 2.98. The second kappa shape index (κ2) is 5.44. The maximum atomic E-state index is 13.7. The SMILES string of the molecule is Fc1cc(Cl)cc(-c2ncccc2-c2nc3ccccn3n2)c1. The molecule has 0 amide bonds. The van der Waals surface area contributed by atoms with Crippen LogP contribution >= 0.6 is 11.6 Å². The summed E-state index contributed by atoms with van der Waals surface area (Å²) in [5.74, 6) is 0.117. The van der Waals surface area contributed by atoms with Gasteiger partial charge in [-0.05, 0) is 42.5 Å². The van der Waals surface area contributed by atoms with Crippen molar-refractivity contribution in [2.45, 2.75) is 0 Å². The molecule has 3 aromatic heterocycles. The van der Waals surface area contributed by atoms with Crippen molar-refractivity contribution in [3.8, 4) is 22.6 Å². The highest BCUT2D eigenvalue weighted by molar-refractivity contribution is 6.30. The Kier molecular flexibility index (Phi) is 3.28. The monoisotopic (exact) mass is 324 g/mol. The van der Waals surface area contributed by atoms with Crippen molar-refractivity contribution in [3.05, 3.63) is 71.8 Å². The lowest BCUT2D eigenvalue weighted by molar-refractivity contribution is 0.628. The van der Waals surface area contributed by atoms with Crippen molar-refractivity contribution < 1.29 is 4.39 Å². The van der Waals surface area contributed by atoms with Gasteiger partial charge in [-0.15, -0.1) is 5.10 Å². The Morgan fingerprint density at radius 2 is 1.96 bits per heavy atom. The molecular formula is C17H10ClFN4. The molecule has 0 spiro atoms. The molecule has 3 heterocycles. The van der Waals surface area contributed by atoms with E-state index in [0.29, 0.717) is 22.1 Å². The van der Waals surface area contributed by atoms with Crippen LogP contribution < -0.4 is 0 Å². The van der Waals surface area contributed by atoms with Crippen LogP contribution in [0.1, 0.15) is 0 Å². The minimum Gasteiger partial charge on any atom is -0.255 e. The Morgan fingerprint density at radius 3 is 2.78 bits per heavy atom. The topological polar surface area (TPSA) is 43.1 Å². The molecule has 0 aliphatic heterocycles. The number of rotatable bonds is 2. The Morgan fingerprint density at radius 1 is 1.04 bits per heavy atom. The van der Waals surface area contributed by atoms with E-state index in [4.69, 9.17) is 11.6 Å². The second-order valence-electron chi connectivity index (χ2n) is 5.00. The maximum absolute atomic E-state index is 13.7. The fourth-order valence-corrected chi connectivity index (χ4v) is 2.67. The molecule has 112 valence electrons. The first-order valence-electron chi connectivity index (χ1n) is 6.94. The van der Waals surface area contributed by atoms with E-state index < -0.39 is 5.82 Å². The van der Waals surface area contributed by atoms with Gasteiger partial charge in [0.25, 0.3) is 0 Å². The standard InChI is InChI=1S/C17H10ClFN4/c18-12-8-11(9-13(19)10-12)16-14(4-3-6-20-16)17-21-15-5-1-2-7-23(15)22-17/h1-10H. The Hall–Kier alpha value is -2.79. The Bertz CT molecular complexity index is 959. The van der Waals surface area contributed by atoms with Crippen molar-refractivity contribution >= 4 is 17.2 Å². The van der Waals surface area contributed by atoms with Gasteiger partial charge < -0.3 is 0 Å². The van der Waals surface area contributed by atoms with Gasteiger partial charge in [-0.2, -0.15) is 0 Å². The predicted molar refractivity (Wildman–Crippen MR) is 86.6 cm³/mol. The van der Waals surface area contributed by atoms with Crippen LogP contribution in [0, 0.1) is 5.82 Å². The van der Waals surface area contributed by atoms with Gasteiger partial charge in [-0.25, -0.2) is 13.9 Å². The van der Waals surface area contributed by atoms with E-state index in [9.17, 15) is 4.39 Å². The molecule has 0 fully saturated rings. The third-order valence-electron chi connectivity index (χ3n) is 3.43. The van der Waals surface area contributed by atoms with Crippen LogP contribution in [0.5, 0.6) is 0 Å². The van der Waals surface area contributed by atoms with Crippen LogP contribution in [0.15, 0.2) is 60.9 Å². The van der Waals surface area contributed by atoms with Crippen molar-refractivity contribution in [1.29, 1.82) is 0 Å². The van der Waals surface area contributed by atoms with Crippen LogP contribution in [-0.2, 0) is 0 Å². The van der Waals surface area contributed by atoms with Gasteiger partial charge in [0, 0.05) is 28.5 Å². The summed E-state index contributed by atoms with van der Waals surface area (Å²) >= 11 is 5.96. The van der Waals surface area contributed by atoms with Gasteiger partial charge in [0.2, 0.25) is 0 Å². The summed E-state index contributed by atoms with van der Waals surface area (Å²) in [5.41, 5.74) is 2.63. The number of halogens is 2. The fraction of sp³-hybridized carbons (Fsp3) is 0. The summed E-state index contributed by atoms with van der Waals surface area (Å²) in [7, 11) is 0. The van der Waals surface area contributed by atoms with E-state index in [1.165, 1.54) is 12.1 Å². The summed E-state index contributed by atoms with van der Waals surface area (Å²) in [6, 6.07) is 13.6. The third kappa shape index (κ3) is 2.55. The number of pyridine rings is 2. The summed E-state index contributed by atoms with van der Waals surface area (Å²) in [6.45, 7) is 0. The van der Waals surface area contributed by atoms with Gasteiger partial charge in [-0.3, -0.25) is 4.98 Å². The van der Waals surface area contributed by atoms with E-state index in [-0.39, 0.29) is 0 Å². The molecule has 0 unspecified atom stereocenters. The number of aromatic nitrogens is 4. The second-order valence-corrected chi connectivity index (χ2v) is 5.43. The zero-order valence-electron chi connectivity index (χ0n) is 11.8. The molecule has 4 aromatic rings. The molecule has 23 heavy (non-hydrogen) atoms. The lowest BCUT2D eigenvalue weighted by Gasteiger charge is -2.06. The largest absolute Gasteiger partial charge is 0.255 e. The molecule has 0 saturated heterocycles. The number of hydrogen-bond acceptors (Lipinski definition) is 3. The van der Waals surface area contributed by atoms with Crippen molar-refractivity contribution in [2.75, 3.05) is 0 Å². The highest BCUT2D eigenvalue weighted by atomic mass is 35.5. The first kappa shape index (κ1) is 13.8. The molecule has 1 aromatic carbocycles. The summed E-state index contributed by atoms with van der Waals surface area (Å²) in [4.78, 5) is 8.86. The first-order valence-corrected chi connectivity index (χ1v) is 7.32. The molecule has 0 radical (unpaired) electrons. The highest BCUT2D eigenvalue weighted by Crippen LogP contribution is 2.30. The minimum absolute atomic E-state index is 0.319. The maximum Gasteiger partial charge on any atom is 0.184 e. The van der Waals surface area contributed by atoms with Crippen LogP contribution in [0.2, 0.25) is 5.02 Å². The molecular weight excluding hydrogens is 315 g/mol.